The summed E-state index contributed by atoms with van der Waals surface area (Å²) in [7, 11) is -3.44. The van der Waals surface area contributed by atoms with E-state index in [4.69, 9.17) is 28.3 Å². The molecular weight excluding hydrogens is 412 g/mol. The maximum absolute atomic E-state index is 13.5. The number of rotatable bonds is 5. The zero-order valence-corrected chi connectivity index (χ0v) is 15.2. The number of carboxylic acid groups (broad SMARTS) is 1. The smallest absolute Gasteiger partial charge is 0.339 e. The van der Waals surface area contributed by atoms with Crippen LogP contribution in [-0.2, 0) is 14.8 Å². The van der Waals surface area contributed by atoms with Crippen molar-refractivity contribution in [1.29, 1.82) is 0 Å². The average Bonchev–Trinajstić information content (AvgIpc) is 2.56. The van der Waals surface area contributed by atoms with E-state index in [0.29, 0.717) is 6.07 Å². The Balaban J connectivity index is 2.56. The van der Waals surface area contributed by atoms with Gasteiger partial charge in [-0.1, -0.05) is 23.2 Å². The van der Waals surface area contributed by atoms with Crippen LogP contribution in [0.15, 0.2) is 35.2 Å². The molecule has 2 rings (SSSR count). The third-order valence-corrected chi connectivity index (χ3v) is 5.37. The average molecular weight is 422 g/mol. The third-order valence-electron chi connectivity index (χ3n) is 3.15. The molecule has 0 saturated heterocycles. The van der Waals surface area contributed by atoms with Crippen molar-refractivity contribution in [3.8, 4) is 0 Å². The van der Waals surface area contributed by atoms with Crippen LogP contribution < -0.4 is 4.72 Å². The molecule has 2 aromatic carbocycles. The standard InChI is InChI=1S/C15H10Cl2FNO6S/c1-25-15(22)9-3-2-7(18)4-12(9)26(23,24)19-8-5-10(14(20)21)13(17)11(16)6-8/h2-6,19H,1H3,(H,20,21). The summed E-state index contributed by atoms with van der Waals surface area (Å²) in [6.45, 7) is 0. The van der Waals surface area contributed by atoms with Gasteiger partial charge in [-0.25, -0.2) is 22.4 Å². The minimum absolute atomic E-state index is 0.211. The number of carbonyl (C=O) groups excluding carboxylic acids is 1. The molecule has 0 atom stereocenters. The lowest BCUT2D eigenvalue weighted by molar-refractivity contribution is 0.0595. The van der Waals surface area contributed by atoms with Gasteiger partial charge in [0, 0.05) is 0 Å². The van der Waals surface area contributed by atoms with Crippen LogP contribution in [0.2, 0.25) is 10.0 Å². The molecule has 0 aliphatic rings. The van der Waals surface area contributed by atoms with Crippen LogP contribution >= 0.6 is 23.2 Å². The van der Waals surface area contributed by atoms with Gasteiger partial charge in [-0.2, -0.15) is 0 Å². The van der Waals surface area contributed by atoms with Crippen LogP contribution in [-0.4, -0.2) is 32.6 Å². The highest BCUT2D eigenvalue weighted by Crippen LogP contribution is 2.31. The first kappa shape index (κ1) is 20.0. The van der Waals surface area contributed by atoms with Gasteiger partial charge in [0.2, 0.25) is 0 Å². The van der Waals surface area contributed by atoms with E-state index >= 15 is 0 Å². The normalized spacial score (nSPS) is 11.1. The van der Waals surface area contributed by atoms with Gasteiger partial charge in [0.25, 0.3) is 10.0 Å². The van der Waals surface area contributed by atoms with Gasteiger partial charge < -0.3 is 9.84 Å². The molecule has 0 aliphatic carbocycles. The lowest BCUT2D eigenvalue weighted by Gasteiger charge is -2.13. The predicted octanol–water partition coefficient (Wildman–Crippen LogP) is 3.42. The number of anilines is 1. The molecule has 0 aromatic heterocycles. The summed E-state index contributed by atoms with van der Waals surface area (Å²) < 4.78 is 45.2. The first-order valence-corrected chi connectivity index (χ1v) is 8.93. The van der Waals surface area contributed by atoms with Gasteiger partial charge in [0.1, 0.15) is 10.7 Å². The molecule has 0 fully saturated rings. The molecule has 2 aromatic rings. The molecule has 2 N–H and O–H groups in total. The van der Waals surface area contributed by atoms with E-state index in [9.17, 15) is 22.4 Å². The zero-order chi connectivity index (χ0) is 19.6. The number of nitrogens with one attached hydrogen (secondary N) is 1. The minimum atomic E-state index is -4.48. The number of carbonyl (C=O) groups is 2. The highest BCUT2D eigenvalue weighted by Gasteiger charge is 2.25. The number of sulfonamides is 1. The number of ether oxygens (including phenoxy) is 1. The maximum Gasteiger partial charge on any atom is 0.339 e. The molecule has 0 radical (unpaired) electrons. The number of esters is 1. The second kappa shape index (κ2) is 7.48. The van der Waals surface area contributed by atoms with E-state index < -0.39 is 43.8 Å². The number of halogens is 3. The molecular formula is C15H10Cl2FNO6S. The van der Waals surface area contributed by atoms with Crippen molar-refractivity contribution in [1.82, 2.24) is 0 Å². The largest absolute Gasteiger partial charge is 0.478 e. The second-order valence-corrected chi connectivity index (χ2v) is 7.30. The van der Waals surface area contributed by atoms with Gasteiger partial charge >= 0.3 is 11.9 Å². The molecule has 26 heavy (non-hydrogen) atoms. The third kappa shape index (κ3) is 4.06. The molecule has 0 spiro atoms. The molecule has 11 heteroatoms. The monoisotopic (exact) mass is 421 g/mol. The van der Waals surface area contributed by atoms with Gasteiger partial charge in [-0.05, 0) is 30.3 Å². The Kier molecular flexibility index (Phi) is 5.74. The molecule has 0 amide bonds. The molecule has 0 aliphatic heterocycles. The van der Waals surface area contributed by atoms with Crippen molar-refractivity contribution >= 4 is 50.9 Å². The highest BCUT2D eigenvalue weighted by atomic mass is 35.5. The van der Waals surface area contributed by atoms with E-state index in [1.54, 1.807) is 0 Å². The van der Waals surface area contributed by atoms with Crippen molar-refractivity contribution in [3.05, 3.63) is 57.3 Å². The molecule has 0 saturated carbocycles. The summed E-state index contributed by atoms with van der Waals surface area (Å²) in [5.41, 5.74) is -1.08. The van der Waals surface area contributed by atoms with Gasteiger partial charge in [0.15, 0.2) is 0 Å². The van der Waals surface area contributed by atoms with Crippen molar-refractivity contribution in [3.63, 3.8) is 0 Å². The van der Waals surface area contributed by atoms with Crippen molar-refractivity contribution < 1.29 is 32.2 Å². The first-order valence-electron chi connectivity index (χ1n) is 6.70. The van der Waals surface area contributed by atoms with Crippen molar-refractivity contribution in [2.75, 3.05) is 11.8 Å². The van der Waals surface area contributed by atoms with Gasteiger partial charge in [0.05, 0.1) is 34.0 Å². The second-order valence-electron chi connectivity index (χ2n) is 4.86. The van der Waals surface area contributed by atoms with Crippen molar-refractivity contribution in [2.24, 2.45) is 0 Å². The summed E-state index contributed by atoms with van der Waals surface area (Å²) in [6, 6.07) is 4.49. The van der Waals surface area contributed by atoms with Crippen LogP contribution in [0.5, 0.6) is 0 Å². The van der Waals surface area contributed by atoms with E-state index in [0.717, 1.165) is 31.4 Å². The number of hydrogen-bond acceptors (Lipinski definition) is 5. The van der Waals surface area contributed by atoms with Crippen LogP contribution in [0.1, 0.15) is 20.7 Å². The first-order chi connectivity index (χ1) is 12.1. The zero-order valence-electron chi connectivity index (χ0n) is 12.9. The fourth-order valence-electron chi connectivity index (χ4n) is 2.01. The minimum Gasteiger partial charge on any atom is -0.478 e. The highest BCUT2D eigenvalue weighted by molar-refractivity contribution is 7.92. The Bertz CT molecular complexity index is 1010. The predicted molar refractivity (Wildman–Crippen MR) is 92.0 cm³/mol. The van der Waals surface area contributed by atoms with E-state index in [-0.39, 0.29) is 15.7 Å². The van der Waals surface area contributed by atoms with Crippen LogP contribution in [0, 0.1) is 5.82 Å². The molecule has 0 heterocycles. The fourth-order valence-corrected chi connectivity index (χ4v) is 3.67. The Morgan fingerprint density at radius 3 is 2.38 bits per heavy atom. The number of benzene rings is 2. The lowest BCUT2D eigenvalue weighted by Crippen LogP contribution is -2.18. The van der Waals surface area contributed by atoms with Gasteiger partial charge in [-0.15, -0.1) is 0 Å². The van der Waals surface area contributed by atoms with Crippen LogP contribution in [0.25, 0.3) is 0 Å². The SMILES string of the molecule is COC(=O)c1ccc(F)cc1S(=O)(=O)Nc1cc(Cl)c(Cl)c(C(=O)O)c1. The Labute approximate surface area is 157 Å². The van der Waals surface area contributed by atoms with E-state index in [2.05, 4.69) is 4.74 Å². The summed E-state index contributed by atoms with van der Waals surface area (Å²) in [5.74, 6) is -3.33. The van der Waals surface area contributed by atoms with Crippen molar-refractivity contribution in [2.45, 2.75) is 4.90 Å². The number of carboxylic acids is 1. The quantitative estimate of drug-likeness (QED) is 0.715. The molecule has 138 valence electrons. The maximum atomic E-state index is 13.5. The lowest BCUT2D eigenvalue weighted by atomic mass is 10.2. The summed E-state index contributed by atoms with van der Waals surface area (Å²) >= 11 is 11.6. The summed E-state index contributed by atoms with van der Waals surface area (Å²) in [4.78, 5) is 22.2. The van der Waals surface area contributed by atoms with Crippen LogP contribution in [0.4, 0.5) is 10.1 Å². The summed E-state index contributed by atoms with van der Waals surface area (Å²) in [6.07, 6.45) is 0. The van der Waals surface area contributed by atoms with E-state index in [1.807, 2.05) is 4.72 Å². The Morgan fingerprint density at radius 1 is 1.15 bits per heavy atom. The van der Waals surface area contributed by atoms with Crippen LogP contribution in [0.3, 0.4) is 0 Å². The molecule has 0 bridgehead atoms. The topological polar surface area (TPSA) is 110 Å². The Hall–Kier alpha value is -2.36. The van der Waals surface area contributed by atoms with E-state index in [1.165, 1.54) is 0 Å². The fraction of sp³-hybridized carbons (Fsp3) is 0.0667. The molecule has 7 nitrogen and oxygen atoms in total. The summed E-state index contributed by atoms with van der Waals surface area (Å²) in [5, 5.41) is 8.60. The molecule has 0 unspecified atom stereocenters. The number of aromatic carboxylic acids is 1. The Morgan fingerprint density at radius 2 is 1.81 bits per heavy atom. The van der Waals surface area contributed by atoms with Gasteiger partial charge in [-0.3, -0.25) is 4.72 Å². The number of methoxy groups -OCH3 is 1. The number of hydrogen-bond donors (Lipinski definition) is 2.